The number of rotatable bonds is 7. The van der Waals surface area contributed by atoms with Gasteiger partial charge >= 0.3 is 0 Å². The zero-order valence-corrected chi connectivity index (χ0v) is 21.8. The lowest BCUT2D eigenvalue weighted by Crippen LogP contribution is -2.52. The lowest BCUT2D eigenvalue weighted by atomic mass is 9.81. The highest BCUT2D eigenvalue weighted by Crippen LogP contribution is 2.53. The maximum Gasteiger partial charge on any atom is 0.296 e. The quantitative estimate of drug-likeness (QED) is 0.354. The molecule has 0 aromatic heterocycles. The number of para-hydroxylation sites is 1. The molecule has 1 fully saturated rings. The maximum atomic E-state index is 14.4. The topological polar surface area (TPSA) is 90.4 Å². The van der Waals surface area contributed by atoms with Crippen molar-refractivity contribution in [3.63, 3.8) is 0 Å². The van der Waals surface area contributed by atoms with Crippen LogP contribution in [0.2, 0.25) is 0 Å². The third-order valence-corrected chi connectivity index (χ3v) is 7.41. The molecule has 2 atom stereocenters. The van der Waals surface area contributed by atoms with Crippen molar-refractivity contribution >= 4 is 29.0 Å². The Morgan fingerprint density at radius 1 is 1.14 bits per heavy atom. The molecule has 0 saturated carbocycles. The van der Waals surface area contributed by atoms with Gasteiger partial charge in [0.2, 0.25) is 0 Å². The van der Waals surface area contributed by atoms with Gasteiger partial charge in [-0.3, -0.25) is 14.4 Å². The number of Topliss-reactive ketones (excluding diaryl/α,β-unsaturated/α-hetero) is 1. The molecule has 1 saturated heterocycles. The Balaban J connectivity index is 1.73. The molecule has 3 aliphatic heterocycles. The van der Waals surface area contributed by atoms with Crippen LogP contribution in [0.1, 0.15) is 43.4 Å². The average molecular weight is 504 g/mol. The monoisotopic (exact) mass is 503 g/mol. The smallest absolute Gasteiger partial charge is 0.296 e. The summed E-state index contributed by atoms with van der Waals surface area (Å²) >= 11 is 0. The molecule has 3 aliphatic rings. The number of amides is 2. The van der Waals surface area contributed by atoms with Crippen molar-refractivity contribution in [2.45, 2.75) is 44.8 Å². The summed E-state index contributed by atoms with van der Waals surface area (Å²) in [6, 6.07) is 12.5. The van der Waals surface area contributed by atoms with Crippen LogP contribution in [-0.4, -0.2) is 72.3 Å². The molecule has 194 valence electrons. The van der Waals surface area contributed by atoms with Crippen LogP contribution in [0.15, 0.2) is 48.0 Å². The molecule has 8 heteroatoms. The van der Waals surface area contributed by atoms with Crippen LogP contribution in [0, 0.1) is 0 Å². The molecule has 2 amide bonds. The van der Waals surface area contributed by atoms with Gasteiger partial charge in [-0.15, -0.1) is 0 Å². The van der Waals surface area contributed by atoms with E-state index in [0.29, 0.717) is 49.2 Å². The molecule has 1 spiro atoms. The van der Waals surface area contributed by atoms with Crippen molar-refractivity contribution in [2.24, 2.45) is 0 Å². The summed E-state index contributed by atoms with van der Waals surface area (Å²) in [4.78, 5) is 46.6. The second-order valence-electron chi connectivity index (χ2n) is 10.3. The fourth-order valence-electron chi connectivity index (χ4n) is 5.87. The Labute approximate surface area is 217 Å². The highest BCUT2D eigenvalue weighted by atomic mass is 16.5. The van der Waals surface area contributed by atoms with Crippen molar-refractivity contribution in [1.29, 1.82) is 0 Å². The number of anilines is 1. The number of ether oxygens (including phenoxy) is 1. The van der Waals surface area contributed by atoms with E-state index < -0.39 is 17.2 Å². The Bertz CT molecular complexity index is 1320. The highest BCUT2D eigenvalue weighted by molar-refractivity contribution is 6.50. The van der Waals surface area contributed by atoms with Gasteiger partial charge in [0.1, 0.15) is 17.6 Å². The summed E-state index contributed by atoms with van der Waals surface area (Å²) in [7, 11) is 3.86. The maximum absolute atomic E-state index is 14.4. The minimum Gasteiger partial charge on any atom is -0.507 e. The van der Waals surface area contributed by atoms with Crippen LogP contribution >= 0.6 is 0 Å². The van der Waals surface area contributed by atoms with Crippen LogP contribution < -0.4 is 9.64 Å². The van der Waals surface area contributed by atoms with E-state index in [1.807, 2.05) is 45.0 Å². The SMILES string of the molecule is CCCN1C(=O)C2(C(=C(O)c3ccc4c(c3)CC(C)O4)C(=O)C(=O)N2CCCN(C)C)c2ccccc21. The molecule has 8 nitrogen and oxygen atoms in total. The summed E-state index contributed by atoms with van der Waals surface area (Å²) in [5.41, 5.74) is 0.649. The third kappa shape index (κ3) is 3.73. The molecule has 0 bridgehead atoms. The van der Waals surface area contributed by atoms with Gasteiger partial charge in [0.15, 0.2) is 5.54 Å². The van der Waals surface area contributed by atoms with Crippen molar-refractivity contribution in [1.82, 2.24) is 9.80 Å². The van der Waals surface area contributed by atoms with Gasteiger partial charge in [-0.05, 0) is 70.2 Å². The molecular formula is C29H33N3O5. The van der Waals surface area contributed by atoms with Gasteiger partial charge in [-0.1, -0.05) is 25.1 Å². The van der Waals surface area contributed by atoms with Crippen molar-refractivity contribution in [3.8, 4) is 5.75 Å². The standard InChI is InChI=1S/C29H33N3O5/c1-5-13-31-22-10-7-6-9-21(22)29(28(31)36)24(26(34)27(35)32(29)15-8-14-30(3)4)25(33)19-11-12-23-20(17-19)16-18(2)37-23/h6-7,9-12,17-18,33H,5,8,13-16H2,1-4H3. The highest BCUT2D eigenvalue weighted by Gasteiger charge is 2.66. The van der Waals surface area contributed by atoms with Crippen molar-refractivity contribution < 1.29 is 24.2 Å². The van der Waals surface area contributed by atoms with E-state index in [4.69, 9.17) is 4.74 Å². The molecule has 1 N–H and O–H groups in total. The lowest BCUT2D eigenvalue weighted by Gasteiger charge is -2.34. The van der Waals surface area contributed by atoms with E-state index >= 15 is 0 Å². The largest absolute Gasteiger partial charge is 0.507 e. The van der Waals surface area contributed by atoms with E-state index in [9.17, 15) is 19.5 Å². The van der Waals surface area contributed by atoms with Crippen LogP contribution in [0.25, 0.3) is 5.76 Å². The number of ketones is 1. The zero-order chi connectivity index (χ0) is 26.5. The molecule has 0 radical (unpaired) electrons. The van der Waals surface area contributed by atoms with Gasteiger partial charge in [0, 0.05) is 30.6 Å². The van der Waals surface area contributed by atoms with Crippen molar-refractivity contribution in [3.05, 3.63) is 64.7 Å². The number of benzene rings is 2. The second kappa shape index (κ2) is 9.34. The molecular weight excluding hydrogens is 470 g/mol. The zero-order valence-electron chi connectivity index (χ0n) is 21.8. The van der Waals surface area contributed by atoms with Crippen LogP contribution in [-0.2, 0) is 26.3 Å². The lowest BCUT2D eigenvalue weighted by molar-refractivity contribution is -0.143. The predicted molar refractivity (Wildman–Crippen MR) is 140 cm³/mol. The number of hydrogen-bond acceptors (Lipinski definition) is 6. The van der Waals surface area contributed by atoms with Gasteiger partial charge < -0.3 is 24.5 Å². The molecule has 5 rings (SSSR count). The number of aliphatic hydroxyl groups excluding tert-OH is 1. The summed E-state index contributed by atoms with van der Waals surface area (Å²) in [6.45, 7) is 5.26. The summed E-state index contributed by atoms with van der Waals surface area (Å²) < 4.78 is 5.79. The van der Waals surface area contributed by atoms with E-state index in [1.165, 1.54) is 4.90 Å². The van der Waals surface area contributed by atoms with Gasteiger partial charge in [-0.25, -0.2) is 0 Å². The first-order valence-corrected chi connectivity index (χ1v) is 12.9. The minimum absolute atomic E-state index is 0.0131. The second-order valence-corrected chi connectivity index (χ2v) is 10.3. The molecule has 2 aromatic rings. The fraction of sp³-hybridized carbons (Fsp3) is 0.414. The Morgan fingerprint density at radius 3 is 2.62 bits per heavy atom. The van der Waals surface area contributed by atoms with E-state index in [-0.39, 0.29) is 29.9 Å². The number of nitrogens with zero attached hydrogens (tertiary/aromatic N) is 3. The van der Waals surface area contributed by atoms with E-state index in [2.05, 4.69) is 0 Å². The Hall–Kier alpha value is -3.65. The van der Waals surface area contributed by atoms with E-state index in [1.54, 1.807) is 35.2 Å². The first-order chi connectivity index (χ1) is 17.7. The molecule has 2 aromatic carbocycles. The first kappa shape index (κ1) is 25.0. The van der Waals surface area contributed by atoms with E-state index in [0.717, 1.165) is 11.3 Å². The molecule has 0 aliphatic carbocycles. The summed E-state index contributed by atoms with van der Waals surface area (Å²) in [5, 5.41) is 11.7. The van der Waals surface area contributed by atoms with Crippen LogP contribution in [0.3, 0.4) is 0 Å². The first-order valence-electron chi connectivity index (χ1n) is 12.9. The molecule has 37 heavy (non-hydrogen) atoms. The van der Waals surface area contributed by atoms with Crippen LogP contribution in [0.4, 0.5) is 5.69 Å². The number of fused-ring (bicyclic) bond motifs is 3. The number of carbonyl (C=O) groups excluding carboxylic acids is 3. The molecule has 3 heterocycles. The van der Waals surface area contributed by atoms with Crippen LogP contribution in [0.5, 0.6) is 5.75 Å². The number of hydrogen-bond donors (Lipinski definition) is 1. The molecule has 2 unspecified atom stereocenters. The van der Waals surface area contributed by atoms with Gasteiger partial charge in [0.25, 0.3) is 17.6 Å². The predicted octanol–water partition coefficient (Wildman–Crippen LogP) is 3.29. The fourth-order valence-corrected chi connectivity index (χ4v) is 5.87. The Morgan fingerprint density at radius 2 is 1.89 bits per heavy atom. The van der Waals surface area contributed by atoms with Gasteiger partial charge in [-0.2, -0.15) is 0 Å². The Kier molecular flexibility index (Phi) is 6.31. The average Bonchev–Trinajstić information content (AvgIpc) is 3.44. The number of likely N-dealkylation sites (tertiary alicyclic amines) is 1. The van der Waals surface area contributed by atoms with Gasteiger partial charge in [0.05, 0.1) is 11.3 Å². The summed E-state index contributed by atoms with van der Waals surface area (Å²) in [6.07, 6.45) is 1.96. The normalized spacial score (nSPS) is 23.8. The summed E-state index contributed by atoms with van der Waals surface area (Å²) in [5.74, 6) is -1.58. The minimum atomic E-state index is -1.71. The number of aliphatic hydroxyl groups is 1. The van der Waals surface area contributed by atoms with Crippen molar-refractivity contribution in [2.75, 3.05) is 38.6 Å². The number of carbonyl (C=O) groups is 3. The third-order valence-electron chi connectivity index (χ3n) is 7.41.